The third-order valence-electron chi connectivity index (χ3n) is 5.72. The predicted octanol–water partition coefficient (Wildman–Crippen LogP) is 4.08. The minimum Gasteiger partial charge on any atom is -0.403 e. The van der Waals surface area contributed by atoms with Crippen LogP contribution in [0.2, 0.25) is 0 Å². The van der Waals surface area contributed by atoms with Gasteiger partial charge in [0.25, 0.3) is 11.8 Å². The van der Waals surface area contributed by atoms with Gasteiger partial charge in [0.05, 0.1) is 17.6 Å². The largest absolute Gasteiger partial charge is 0.403 e. The Labute approximate surface area is 222 Å². The Kier molecular flexibility index (Phi) is 7.24. The lowest BCUT2D eigenvalue weighted by atomic mass is 10.0. The molecule has 0 saturated carbocycles. The highest BCUT2D eigenvalue weighted by atomic mass is 32.2. The van der Waals surface area contributed by atoms with E-state index >= 15 is 0 Å². The average Bonchev–Trinajstić information content (AvgIpc) is 3.61. The number of carbonyl (C=O) groups excluding carboxylic acids is 1. The summed E-state index contributed by atoms with van der Waals surface area (Å²) in [7, 11) is -3.24. The third kappa shape index (κ3) is 6.33. The summed E-state index contributed by atoms with van der Waals surface area (Å²) in [4.78, 5) is 20.6. The number of amides is 1. The molecule has 37 heavy (non-hydrogen) atoms. The molecule has 0 atom stereocenters. The van der Waals surface area contributed by atoms with Crippen LogP contribution < -0.4 is 20.3 Å². The Morgan fingerprint density at radius 2 is 1.92 bits per heavy atom. The van der Waals surface area contributed by atoms with Gasteiger partial charge in [0.1, 0.15) is 5.69 Å². The summed E-state index contributed by atoms with van der Waals surface area (Å²) >= 11 is 2.85. The lowest BCUT2D eigenvalue weighted by molar-refractivity contribution is 0.102. The van der Waals surface area contributed by atoms with Crippen LogP contribution in [0.15, 0.2) is 45.5 Å². The average molecular weight is 560 g/mol. The van der Waals surface area contributed by atoms with Crippen molar-refractivity contribution in [3.05, 3.63) is 51.7 Å². The number of nitrogens with zero attached hydrogens (tertiary/aromatic N) is 4. The van der Waals surface area contributed by atoms with Crippen LogP contribution in [0.3, 0.4) is 0 Å². The van der Waals surface area contributed by atoms with Crippen molar-refractivity contribution in [2.75, 3.05) is 34.9 Å². The molecule has 0 spiro atoms. The second-order valence-electron chi connectivity index (χ2n) is 8.64. The maximum atomic E-state index is 13.0. The molecule has 0 radical (unpaired) electrons. The van der Waals surface area contributed by atoms with Crippen LogP contribution in [0.1, 0.15) is 28.2 Å². The molecule has 5 rings (SSSR count). The Bertz CT molecular complexity index is 1500. The molecule has 0 bridgehead atoms. The summed E-state index contributed by atoms with van der Waals surface area (Å²) in [6, 6.07) is 9.62. The zero-order valence-corrected chi connectivity index (χ0v) is 22.5. The number of sulfonamides is 1. The normalized spacial score (nSPS) is 14.6. The maximum absolute atomic E-state index is 13.0. The molecule has 1 aliphatic rings. The molecule has 1 aliphatic heterocycles. The molecule has 11 nitrogen and oxygen atoms in total. The summed E-state index contributed by atoms with van der Waals surface area (Å²) in [6.45, 7) is 3.34. The SMILES string of the molecule is Cc1cc(-c2nnc(Nc3nc(C(=O)Nc4ccccc4N4CCC(NS(C)(=O)=O)CC4)cs3)o2)cs1. The van der Waals surface area contributed by atoms with Crippen molar-refractivity contribution in [2.45, 2.75) is 25.8 Å². The molecule has 1 aromatic carbocycles. The zero-order valence-electron chi connectivity index (χ0n) is 20.1. The van der Waals surface area contributed by atoms with Crippen LogP contribution in [-0.2, 0) is 10.0 Å². The fourth-order valence-corrected chi connectivity index (χ4v) is 6.25. The van der Waals surface area contributed by atoms with Gasteiger partial charge in [-0.05, 0) is 38.0 Å². The lowest BCUT2D eigenvalue weighted by Gasteiger charge is -2.34. The number of thiophene rings is 1. The van der Waals surface area contributed by atoms with Crippen molar-refractivity contribution in [1.29, 1.82) is 0 Å². The number of hydrogen-bond donors (Lipinski definition) is 3. The topological polar surface area (TPSA) is 142 Å². The van der Waals surface area contributed by atoms with Gasteiger partial charge in [-0.2, -0.15) is 0 Å². The fraction of sp³-hybridized carbons (Fsp3) is 0.304. The molecule has 14 heteroatoms. The maximum Gasteiger partial charge on any atom is 0.322 e. The highest BCUT2D eigenvalue weighted by Crippen LogP contribution is 2.30. The number of piperidine rings is 1. The Morgan fingerprint density at radius 1 is 1.14 bits per heavy atom. The van der Waals surface area contributed by atoms with E-state index in [-0.39, 0.29) is 23.7 Å². The number of benzene rings is 1. The molecule has 4 heterocycles. The first-order valence-corrected chi connectivity index (χ1v) is 15.1. The van der Waals surface area contributed by atoms with Crippen LogP contribution in [-0.4, -0.2) is 54.9 Å². The predicted molar refractivity (Wildman–Crippen MR) is 145 cm³/mol. The van der Waals surface area contributed by atoms with Gasteiger partial charge in [0.2, 0.25) is 10.0 Å². The van der Waals surface area contributed by atoms with E-state index in [4.69, 9.17) is 4.42 Å². The number of aryl methyl sites for hydroxylation is 1. The van der Waals surface area contributed by atoms with Crippen molar-refractivity contribution in [3.63, 3.8) is 0 Å². The van der Waals surface area contributed by atoms with E-state index in [1.54, 1.807) is 16.7 Å². The van der Waals surface area contributed by atoms with E-state index in [0.29, 0.717) is 42.6 Å². The van der Waals surface area contributed by atoms with Gasteiger partial charge in [-0.1, -0.05) is 17.2 Å². The van der Waals surface area contributed by atoms with E-state index in [1.165, 1.54) is 17.6 Å². The number of hydrogen-bond acceptors (Lipinski definition) is 11. The van der Waals surface area contributed by atoms with E-state index in [9.17, 15) is 13.2 Å². The Hall–Kier alpha value is -3.33. The number of thiazole rings is 1. The van der Waals surface area contributed by atoms with E-state index in [1.807, 2.05) is 42.6 Å². The summed E-state index contributed by atoms with van der Waals surface area (Å²) in [5.41, 5.74) is 2.66. The number of anilines is 4. The van der Waals surface area contributed by atoms with Gasteiger partial charge in [-0.25, -0.2) is 18.1 Å². The number of carbonyl (C=O) groups is 1. The van der Waals surface area contributed by atoms with E-state index < -0.39 is 10.0 Å². The quantitative estimate of drug-likeness (QED) is 0.291. The van der Waals surface area contributed by atoms with Gasteiger partial charge >= 0.3 is 6.01 Å². The van der Waals surface area contributed by atoms with E-state index in [2.05, 4.69) is 35.4 Å². The highest BCUT2D eigenvalue weighted by molar-refractivity contribution is 7.88. The molecule has 0 unspecified atom stereocenters. The molecule has 1 saturated heterocycles. The standard InChI is InChI=1S/C23H25N7O4S3/c1-14-11-15(12-35-14)21-27-28-22(34-21)26-23-25-18(13-36-23)20(31)24-17-5-3-4-6-19(17)30-9-7-16(8-10-30)29-37(2,32)33/h3-6,11-13,16,29H,7-10H2,1-2H3,(H,24,31)(H,25,26,28). The summed E-state index contributed by atoms with van der Waals surface area (Å²) in [5.74, 6) is 0.0689. The van der Waals surface area contributed by atoms with Crippen molar-refractivity contribution >= 4 is 61.1 Å². The number of rotatable bonds is 8. The lowest BCUT2D eigenvalue weighted by Crippen LogP contribution is -2.44. The van der Waals surface area contributed by atoms with Crippen LogP contribution in [0.4, 0.5) is 22.5 Å². The second kappa shape index (κ2) is 10.6. The second-order valence-corrected chi connectivity index (χ2v) is 12.4. The van der Waals surface area contributed by atoms with Crippen molar-refractivity contribution in [1.82, 2.24) is 19.9 Å². The number of nitrogens with one attached hydrogen (secondary N) is 3. The van der Waals surface area contributed by atoms with Crippen molar-refractivity contribution < 1.29 is 17.6 Å². The monoisotopic (exact) mass is 559 g/mol. The van der Waals surface area contributed by atoms with Gasteiger partial charge in [-0.3, -0.25) is 10.1 Å². The zero-order chi connectivity index (χ0) is 26.0. The first kappa shape index (κ1) is 25.3. The summed E-state index contributed by atoms with van der Waals surface area (Å²) in [6.07, 6.45) is 2.54. The third-order valence-corrected chi connectivity index (χ3v) is 8.10. The molecular formula is C23H25N7O4S3. The summed E-state index contributed by atoms with van der Waals surface area (Å²) in [5, 5.41) is 18.0. The smallest absolute Gasteiger partial charge is 0.322 e. The minimum atomic E-state index is -3.24. The van der Waals surface area contributed by atoms with Crippen molar-refractivity contribution in [3.8, 4) is 11.5 Å². The van der Waals surface area contributed by atoms with Crippen LogP contribution in [0.5, 0.6) is 0 Å². The first-order valence-electron chi connectivity index (χ1n) is 11.5. The highest BCUT2D eigenvalue weighted by Gasteiger charge is 2.24. The Balaban J connectivity index is 1.22. The molecule has 0 aliphatic carbocycles. The first-order chi connectivity index (χ1) is 17.7. The van der Waals surface area contributed by atoms with Crippen LogP contribution in [0, 0.1) is 6.92 Å². The number of aromatic nitrogens is 3. The minimum absolute atomic E-state index is 0.0850. The summed E-state index contributed by atoms with van der Waals surface area (Å²) < 4.78 is 31.4. The Morgan fingerprint density at radius 3 is 2.65 bits per heavy atom. The van der Waals surface area contributed by atoms with Gasteiger partial charge < -0.3 is 14.6 Å². The van der Waals surface area contributed by atoms with Crippen LogP contribution >= 0.6 is 22.7 Å². The number of para-hydroxylation sites is 2. The fourth-order valence-electron chi connectivity index (χ4n) is 4.06. The molecule has 3 aromatic heterocycles. The van der Waals surface area contributed by atoms with Crippen molar-refractivity contribution in [2.24, 2.45) is 0 Å². The van der Waals surface area contributed by atoms with Gasteiger partial charge in [-0.15, -0.1) is 27.8 Å². The molecule has 3 N–H and O–H groups in total. The molecule has 1 fully saturated rings. The molecule has 1 amide bonds. The van der Waals surface area contributed by atoms with Crippen LogP contribution in [0.25, 0.3) is 11.5 Å². The molecule has 4 aromatic rings. The van der Waals surface area contributed by atoms with E-state index in [0.717, 1.165) is 16.1 Å². The molecular weight excluding hydrogens is 534 g/mol. The van der Waals surface area contributed by atoms with Gasteiger partial charge in [0.15, 0.2) is 5.13 Å². The van der Waals surface area contributed by atoms with Gasteiger partial charge in [0, 0.05) is 40.3 Å². The molecule has 194 valence electrons.